The second kappa shape index (κ2) is 4.80. The molecule has 0 rings (SSSR count). The highest BCUT2D eigenvalue weighted by Crippen LogP contribution is 2.18. The third-order valence-corrected chi connectivity index (χ3v) is 2.09. The van der Waals surface area contributed by atoms with Crippen LogP contribution in [0.4, 0.5) is 0 Å². The number of carbonyl (C=O) groups excluding carboxylic acids is 1. The summed E-state index contributed by atoms with van der Waals surface area (Å²) in [5.41, 5.74) is 2.55. The van der Waals surface area contributed by atoms with E-state index in [-0.39, 0.29) is 0 Å². The Morgan fingerprint density at radius 2 is 1.75 bits per heavy atom. The van der Waals surface area contributed by atoms with Crippen LogP contribution < -0.4 is 5.73 Å². The monoisotopic (exact) mass is 233 g/mol. The van der Waals surface area contributed by atoms with E-state index in [9.17, 15) is 9.59 Å². The Bertz CT molecular complexity index is 283. The maximum absolute atomic E-state index is 11.7. The first-order valence-corrected chi connectivity index (χ1v) is 4.84. The average Bonchev–Trinajstić information content (AvgIpc) is 2.11. The van der Waals surface area contributed by atoms with Gasteiger partial charge in [-0.1, -0.05) is 0 Å². The maximum Gasteiger partial charge on any atom is 0.341 e. The van der Waals surface area contributed by atoms with E-state index in [2.05, 4.69) is 0 Å². The lowest BCUT2D eigenvalue weighted by Crippen LogP contribution is -2.64. The highest BCUT2D eigenvalue weighted by atomic mass is 16.6. The zero-order chi connectivity index (χ0) is 13.1. The van der Waals surface area contributed by atoms with Crippen molar-refractivity contribution in [1.29, 1.82) is 0 Å². The number of carboxylic acid groups (broad SMARTS) is 1. The predicted molar refractivity (Wildman–Crippen MR) is 56.9 cm³/mol. The van der Waals surface area contributed by atoms with Gasteiger partial charge in [0.25, 0.3) is 0 Å². The zero-order valence-corrected chi connectivity index (χ0v) is 10.2. The quantitative estimate of drug-likeness (QED) is 0.529. The van der Waals surface area contributed by atoms with Crippen molar-refractivity contribution < 1.29 is 24.2 Å². The molecule has 6 nitrogen and oxygen atoms in total. The van der Waals surface area contributed by atoms with E-state index in [0.29, 0.717) is 0 Å². The molecule has 0 aromatic carbocycles. The summed E-state index contributed by atoms with van der Waals surface area (Å²) in [4.78, 5) is 22.8. The van der Waals surface area contributed by atoms with Gasteiger partial charge in [-0.15, -0.1) is 0 Å². The van der Waals surface area contributed by atoms with Gasteiger partial charge in [-0.2, -0.15) is 0 Å². The van der Waals surface area contributed by atoms with E-state index < -0.39 is 29.2 Å². The van der Waals surface area contributed by atoms with Crippen molar-refractivity contribution in [1.82, 2.24) is 0 Å². The molecule has 0 aliphatic heterocycles. The molecule has 0 aliphatic rings. The van der Waals surface area contributed by atoms with Crippen LogP contribution in [0.2, 0.25) is 0 Å². The van der Waals surface area contributed by atoms with Gasteiger partial charge >= 0.3 is 11.9 Å². The molecule has 2 unspecified atom stereocenters. The lowest BCUT2D eigenvalue weighted by molar-refractivity contribution is -0.175. The van der Waals surface area contributed by atoms with Gasteiger partial charge in [0, 0.05) is 7.11 Å². The maximum atomic E-state index is 11.7. The standard InChI is InChI=1S/C10H19NO5/c1-6(15-5)10(11,7(12)13)8(14)16-9(2,3)4/h6H,11H2,1-5H3,(H,12,13). The first-order valence-electron chi connectivity index (χ1n) is 4.84. The molecule has 0 heterocycles. The van der Waals surface area contributed by atoms with Crippen LogP contribution >= 0.6 is 0 Å². The summed E-state index contributed by atoms with van der Waals surface area (Å²) in [6, 6.07) is 0. The first-order chi connectivity index (χ1) is 7.05. The molecular weight excluding hydrogens is 214 g/mol. The summed E-state index contributed by atoms with van der Waals surface area (Å²) in [6.45, 7) is 6.29. The van der Waals surface area contributed by atoms with Gasteiger partial charge < -0.3 is 20.3 Å². The lowest BCUT2D eigenvalue weighted by atomic mass is 9.94. The summed E-state index contributed by atoms with van der Waals surface area (Å²) in [6.07, 6.45) is -0.986. The van der Waals surface area contributed by atoms with Crippen molar-refractivity contribution in [3.63, 3.8) is 0 Å². The number of hydrogen-bond donors (Lipinski definition) is 2. The van der Waals surface area contributed by atoms with Gasteiger partial charge in [-0.3, -0.25) is 0 Å². The van der Waals surface area contributed by atoms with E-state index in [4.69, 9.17) is 20.3 Å². The van der Waals surface area contributed by atoms with Gasteiger partial charge in [0.15, 0.2) is 0 Å². The largest absolute Gasteiger partial charge is 0.479 e. The van der Waals surface area contributed by atoms with Crippen LogP contribution in [0.15, 0.2) is 0 Å². The van der Waals surface area contributed by atoms with Gasteiger partial charge in [-0.05, 0) is 27.7 Å². The molecule has 0 saturated heterocycles. The topological polar surface area (TPSA) is 98.9 Å². The van der Waals surface area contributed by atoms with E-state index >= 15 is 0 Å². The van der Waals surface area contributed by atoms with Gasteiger partial charge in [0.05, 0.1) is 6.10 Å². The van der Waals surface area contributed by atoms with Gasteiger partial charge in [-0.25, -0.2) is 9.59 Å². The third-order valence-electron chi connectivity index (χ3n) is 2.09. The number of methoxy groups -OCH3 is 1. The van der Waals surface area contributed by atoms with E-state index in [1.54, 1.807) is 20.8 Å². The summed E-state index contributed by atoms with van der Waals surface area (Å²) in [7, 11) is 1.28. The number of esters is 1. The molecule has 6 heteroatoms. The van der Waals surface area contributed by atoms with Crippen LogP contribution in [-0.2, 0) is 19.1 Å². The number of nitrogens with two attached hydrogens (primary N) is 1. The number of carbonyl (C=O) groups is 2. The Hall–Kier alpha value is -1.14. The Labute approximate surface area is 94.7 Å². The van der Waals surface area contributed by atoms with Gasteiger partial charge in [0.2, 0.25) is 5.54 Å². The molecule has 3 N–H and O–H groups in total. The number of aliphatic carboxylic acids is 1. The Balaban J connectivity index is 5.08. The fraction of sp³-hybridized carbons (Fsp3) is 0.800. The summed E-state index contributed by atoms with van der Waals surface area (Å²) < 4.78 is 9.77. The molecule has 94 valence electrons. The van der Waals surface area contributed by atoms with E-state index in [1.807, 2.05) is 0 Å². The Kier molecular flexibility index (Phi) is 4.45. The second-order valence-electron chi connectivity index (χ2n) is 4.55. The van der Waals surface area contributed by atoms with Crippen LogP contribution in [-0.4, -0.2) is 41.4 Å². The number of rotatable bonds is 4. The first kappa shape index (κ1) is 14.9. The van der Waals surface area contributed by atoms with Crippen LogP contribution in [0.5, 0.6) is 0 Å². The SMILES string of the molecule is COC(C)C(N)(C(=O)O)C(=O)OC(C)(C)C. The molecule has 0 aromatic heterocycles. The molecule has 0 aromatic rings. The number of ether oxygens (including phenoxy) is 2. The van der Waals surface area contributed by atoms with Crippen molar-refractivity contribution >= 4 is 11.9 Å². The third kappa shape index (κ3) is 3.18. The van der Waals surface area contributed by atoms with Crippen molar-refractivity contribution in [2.75, 3.05) is 7.11 Å². The normalized spacial score (nSPS) is 17.4. The summed E-state index contributed by atoms with van der Waals surface area (Å²) >= 11 is 0. The van der Waals surface area contributed by atoms with Crippen molar-refractivity contribution in [3.8, 4) is 0 Å². The van der Waals surface area contributed by atoms with Crippen molar-refractivity contribution in [3.05, 3.63) is 0 Å². The second-order valence-corrected chi connectivity index (χ2v) is 4.55. The highest BCUT2D eigenvalue weighted by molar-refractivity contribution is 6.04. The van der Waals surface area contributed by atoms with Crippen LogP contribution in [0.3, 0.4) is 0 Å². The van der Waals surface area contributed by atoms with E-state index in [0.717, 1.165) is 0 Å². The Morgan fingerprint density at radius 3 is 2.00 bits per heavy atom. The minimum Gasteiger partial charge on any atom is -0.479 e. The smallest absolute Gasteiger partial charge is 0.341 e. The van der Waals surface area contributed by atoms with Gasteiger partial charge in [0.1, 0.15) is 5.60 Å². The molecule has 0 fully saturated rings. The van der Waals surface area contributed by atoms with Crippen LogP contribution in [0.25, 0.3) is 0 Å². The summed E-state index contributed by atoms with van der Waals surface area (Å²) in [5, 5.41) is 9.00. The highest BCUT2D eigenvalue weighted by Gasteiger charge is 2.50. The van der Waals surface area contributed by atoms with Crippen molar-refractivity contribution in [2.45, 2.75) is 44.9 Å². The zero-order valence-electron chi connectivity index (χ0n) is 10.2. The molecule has 0 saturated carbocycles. The molecule has 16 heavy (non-hydrogen) atoms. The molecular formula is C10H19NO5. The number of carboxylic acids is 1. The molecule has 0 aliphatic carbocycles. The molecule has 2 atom stereocenters. The fourth-order valence-corrected chi connectivity index (χ4v) is 0.976. The van der Waals surface area contributed by atoms with Crippen molar-refractivity contribution in [2.24, 2.45) is 5.73 Å². The molecule has 0 radical (unpaired) electrons. The minimum atomic E-state index is -2.19. The average molecular weight is 233 g/mol. The molecule has 0 bridgehead atoms. The minimum absolute atomic E-state index is 0.801. The molecule has 0 amide bonds. The number of hydrogen-bond acceptors (Lipinski definition) is 5. The predicted octanol–water partition coefficient (Wildman–Crippen LogP) is 0.145. The van der Waals surface area contributed by atoms with Crippen LogP contribution in [0, 0.1) is 0 Å². The van der Waals surface area contributed by atoms with E-state index in [1.165, 1.54) is 14.0 Å². The fourth-order valence-electron chi connectivity index (χ4n) is 0.976. The summed E-state index contributed by atoms with van der Waals surface area (Å²) in [5.74, 6) is -2.49. The molecule has 0 spiro atoms. The van der Waals surface area contributed by atoms with Crippen LogP contribution in [0.1, 0.15) is 27.7 Å². The Morgan fingerprint density at radius 1 is 1.31 bits per heavy atom. The lowest BCUT2D eigenvalue weighted by Gasteiger charge is -2.31.